The summed E-state index contributed by atoms with van der Waals surface area (Å²) in [4.78, 5) is 26.4. The summed E-state index contributed by atoms with van der Waals surface area (Å²) in [5.41, 5.74) is 3.74. The summed E-state index contributed by atoms with van der Waals surface area (Å²) in [5, 5.41) is 2.99. The molecule has 5 nitrogen and oxygen atoms in total. The number of aromatic nitrogens is 2. The molecule has 0 fully saturated rings. The molecule has 0 aliphatic carbocycles. The van der Waals surface area contributed by atoms with Crippen LogP contribution in [0.4, 0.5) is 0 Å². The molecule has 4 aromatic rings. The predicted molar refractivity (Wildman–Crippen MR) is 123 cm³/mol. The SMILES string of the molecule is CSc1ccc(CCNC(=O)CCCn2c(=O)c3cccn3c3ccccc32)cc1. The van der Waals surface area contributed by atoms with Crippen molar-refractivity contribution in [2.24, 2.45) is 0 Å². The lowest BCUT2D eigenvalue weighted by Crippen LogP contribution is -2.27. The van der Waals surface area contributed by atoms with E-state index in [-0.39, 0.29) is 11.5 Å². The van der Waals surface area contributed by atoms with Crippen molar-refractivity contribution in [1.29, 1.82) is 0 Å². The molecule has 30 heavy (non-hydrogen) atoms. The first-order chi connectivity index (χ1) is 14.7. The van der Waals surface area contributed by atoms with Crippen molar-refractivity contribution in [3.05, 3.63) is 82.8 Å². The van der Waals surface area contributed by atoms with Crippen molar-refractivity contribution in [2.45, 2.75) is 30.7 Å². The van der Waals surface area contributed by atoms with Crippen LogP contribution in [0.2, 0.25) is 0 Å². The van der Waals surface area contributed by atoms with Crippen LogP contribution in [0.15, 0.2) is 76.6 Å². The molecule has 154 valence electrons. The smallest absolute Gasteiger partial charge is 0.275 e. The Morgan fingerprint density at radius 3 is 2.47 bits per heavy atom. The van der Waals surface area contributed by atoms with Crippen LogP contribution >= 0.6 is 11.8 Å². The number of aryl methyl sites for hydroxylation is 1. The molecule has 0 unspecified atom stereocenters. The molecule has 6 heteroatoms. The summed E-state index contributed by atoms with van der Waals surface area (Å²) in [6, 6.07) is 20.0. The zero-order valence-corrected chi connectivity index (χ0v) is 17.8. The zero-order valence-electron chi connectivity index (χ0n) is 17.0. The summed E-state index contributed by atoms with van der Waals surface area (Å²) in [6.07, 6.45) is 5.80. The van der Waals surface area contributed by atoms with Crippen LogP contribution in [-0.2, 0) is 17.8 Å². The maximum Gasteiger partial charge on any atom is 0.275 e. The van der Waals surface area contributed by atoms with Gasteiger partial charge in [-0.05, 0) is 61.1 Å². The fourth-order valence-electron chi connectivity index (χ4n) is 3.76. The van der Waals surface area contributed by atoms with Gasteiger partial charge in [0.25, 0.3) is 5.56 Å². The number of nitrogens with one attached hydrogen (secondary N) is 1. The van der Waals surface area contributed by atoms with Gasteiger partial charge < -0.3 is 14.3 Å². The average molecular weight is 420 g/mol. The number of thioether (sulfide) groups is 1. The molecule has 1 amide bonds. The van der Waals surface area contributed by atoms with Crippen molar-refractivity contribution < 1.29 is 4.79 Å². The Labute approximate surface area is 179 Å². The molecule has 0 aliphatic rings. The highest BCUT2D eigenvalue weighted by Crippen LogP contribution is 2.16. The highest BCUT2D eigenvalue weighted by molar-refractivity contribution is 7.98. The molecule has 2 heterocycles. The van der Waals surface area contributed by atoms with Crippen molar-refractivity contribution in [3.63, 3.8) is 0 Å². The van der Waals surface area contributed by atoms with Gasteiger partial charge in [0, 0.05) is 30.6 Å². The molecule has 0 atom stereocenters. The number of para-hydroxylation sites is 2. The van der Waals surface area contributed by atoms with E-state index in [2.05, 4.69) is 35.8 Å². The third kappa shape index (κ3) is 4.28. The first-order valence-corrected chi connectivity index (χ1v) is 11.4. The molecule has 2 aromatic heterocycles. The summed E-state index contributed by atoms with van der Waals surface area (Å²) in [6.45, 7) is 1.14. The maximum atomic E-state index is 12.9. The number of hydrogen-bond donors (Lipinski definition) is 1. The normalized spacial score (nSPS) is 11.2. The second-order valence-electron chi connectivity index (χ2n) is 7.26. The molecule has 1 N–H and O–H groups in total. The van der Waals surface area contributed by atoms with Gasteiger partial charge >= 0.3 is 0 Å². The van der Waals surface area contributed by atoms with Crippen LogP contribution in [0.25, 0.3) is 16.6 Å². The van der Waals surface area contributed by atoms with Gasteiger partial charge in [0.1, 0.15) is 5.52 Å². The quantitative estimate of drug-likeness (QED) is 0.437. The molecular weight excluding hydrogens is 394 g/mol. The first kappa shape index (κ1) is 20.3. The molecular formula is C24H25N3O2S. The maximum absolute atomic E-state index is 12.9. The van der Waals surface area contributed by atoms with Gasteiger partial charge in [-0.15, -0.1) is 11.8 Å². The van der Waals surface area contributed by atoms with Crippen LogP contribution in [0.3, 0.4) is 0 Å². The summed E-state index contributed by atoms with van der Waals surface area (Å²) < 4.78 is 3.71. The monoisotopic (exact) mass is 419 g/mol. The minimum atomic E-state index is -0.0206. The lowest BCUT2D eigenvalue weighted by molar-refractivity contribution is -0.121. The van der Waals surface area contributed by atoms with E-state index in [1.54, 1.807) is 16.3 Å². The van der Waals surface area contributed by atoms with Gasteiger partial charge in [-0.1, -0.05) is 24.3 Å². The van der Waals surface area contributed by atoms with Crippen LogP contribution < -0.4 is 10.9 Å². The van der Waals surface area contributed by atoms with Crippen LogP contribution in [0.1, 0.15) is 18.4 Å². The Bertz CT molecular complexity index is 1220. The Hall–Kier alpha value is -2.99. The number of amides is 1. The van der Waals surface area contributed by atoms with E-state index in [0.29, 0.717) is 31.4 Å². The Morgan fingerprint density at radius 1 is 0.967 bits per heavy atom. The van der Waals surface area contributed by atoms with E-state index < -0.39 is 0 Å². The van der Waals surface area contributed by atoms with Crippen molar-refractivity contribution in [2.75, 3.05) is 12.8 Å². The van der Waals surface area contributed by atoms with E-state index >= 15 is 0 Å². The summed E-state index contributed by atoms with van der Waals surface area (Å²) in [7, 11) is 0. The van der Waals surface area contributed by atoms with Gasteiger partial charge in [-0.25, -0.2) is 0 Å². The van der Waals surface area contributed by atoms with E-state index in [0.717, 1.165) is 17.5 Å². The topological polar surface area (TPSA) is 55.5 Å². The number of hydrogen-bond acceptors (Lipinski definition) is 3. The molecule has 0 radical (unpaired) electrons. The minimum Gasteiger partial charge on any atom is -0.356 e. The Kier molecular flexibility index (Phi) is 6.23. The largest absolute Gasteiger partial charge is 0.356 e. The van der Waals surface area contributed by atoms with Crippen LogP contribution in [-0.4, -0.2) is 27.7 Å². The fraction of sp³-hybridized carbons (Fsp3) is 0.250. The van der Waals surface area contributed by atoms with E-state index in [9.17, 15) is 9.59 Å². The third-order valence-electron chi connectivity index (χ3n) is 5.33. The van der Waals surface area contributed by atoms with Crippen LogP contribution in [0, 0.1) is 0 Å². The second kappa shape index (κ2) is 9.22. The minimum absolute atomic E-state index is 0.0206. The van der Waals surface area contributed by atoms with Gasteiger partial charge in [-0.2, -0.15) is 0 Å². The fourth-order valence-corrected chi connectivity index (χ4v) is 4.16. The third-order valence-corrected chi connectivity index (χ3v) is 6.07. The van der Waals surface area contributed by atoms with Crippen LogP contribution in [0.5, 0.6) is 0 Å². The number of carbonyl (C=O) groups excluding carboxylic acids is 1. The Balaban J connectivity index is 1.34. The van der Waals surface area contributed by atoms with E-state index in [4.69, 9.17) is 0 Å². The van der Waals surface area contributed by atoms with Crippen molar-refractivity contribution in [1.82, 2.24) is 14.3 Å². The van der Waals surface area contributed by atoms with Gasteiger partial charge in [0.2, 0.25) is 5.91 Å². The van der Waals surface area contributed by atoms with Crippen molar-refractivity contribution in [3.8, 4) is 0 Å². The summed E-state index contributed by atoms with van der Waals surface area (Å²) >= 11 is 1.72. The molecule has 2 aromatic carbocycles. The van der Waals surface area contributed by atoms with Crippen molar-refractivity contribution >= 4 is 34.2 Å². The average Bonchev–Trinajstić information content (AvgIpc) is 3.27. The van der Waals surface area contributed by atoms with Gasteiger partial charge in [0.05, 0.1) is 11.0 Å². The molecule has 0 saturated carbocycles. The number of fused-ring (bicyclic) bond motifs is 3. The van der Waals surface area contributed by atoms with E-state index in [1.165, 1.54) is 10.5 Å². The molecule has 0 spiro atoms. The number of carbonyl (C=O) groups is 1. The number of rotatable bonds is 8. The highest BCUT2D eigenvalue weighted by atomic mass is 32.2. The molecule has 4 rings (SSSR count). The first-order valence-electron chi connectivity index (χ1n) is 10.2. The predicted octanol–water partition coefficient (Wildman–Crippen LogP) is 4.12. The van der Waals surface area contributed by atoms with Gasteiger partial charge in [0.15, 0.2) is 0 Å². The Morgan fingerprint density at radius 2 is 1.70 bits per heavy atom. The standard InChI is InChI=1S/C24H25N3O2S/c1-30-19-12-10-18(11-13-19)14-15-25-23(28)9-5-17-27-21-7-3-2-6-20(21)26-16-4-8-22(26)24(27)29/h2-4,6-8,10-13,16H,5,9,14-15,17H2,1H3,(H,25,28). The molecule has 0 bridgehead atoms. The zero-order chi connectivity index (χ0) is 20.9. The molecule has 0 aliphatic heterocycles. The number of nitrogens with zero attached hydrogens (tertiary/aromatic N) is 2. The van der Waals surface area contributed by atoms with E-state index in [1.807, 2.05) is 47.0 Å². The lowest BCUT2D eigenvalue weighted by atomic mass is 10.1. The number of benzene rings is 2. The molecule has 0 saturated heterocycles. The summed E-state index contributed by atoms with van der Waals surface area (Å²) in [5.74, 6) is 0.0249. The lowest BCUT2D eigenvalue weighted by Gasteiger charge is -2.12. The highest BCUT2D eigenvalue weighted by Gasteiger charge is 2.10. The second-order valence-corrected chi connectivity index (χ2v) is 8.14. The van der Waals surface area contributed by atoms with Gasteiger partial charge in [-0.3, -0.25) is 9.59 Å².